The lowest BCUT2D eigenvalue weighted by Crippen LogP contribution is -2.44. The predicted molar refractivity (Wildman–Crippen MR) is 98.2 cm³/mol. The Balaban J connectivity index is 2.07. The lowest BCUT2D eigenvalue weighted by atomic mass is 9.99. The molecule has 1 fully saturated rings. The summed E-state index contributed by atoms with van der Waals surface area (Å²) < 4.78 is 0. The second-order valence-corrected chi connectivity index (χ2v) is 6.86. The number of hydrogen-bond acceptors (Lipinski definition) is 2. The molecule has 0 saturated carbocycles. The molecule has 4 nitrogen and oxygen atoms in total. The van der Waals surface area contributed by atoms with Crippen LogP contribution in [0.5, 0.6) is 0 Å². The van der Waals surface area contributed by atoms with Crippen LogP contribution in [0.3, 0.4) is 0 Å². The van der Waals surface area contributed by atoms with Crippen LogP contribution in [0.25, 0.3) is 0 Å². The van der Waals surface area contributed by atoms with Crippen molar-refractivity contribution in [3.8, 4) is 0 Å². The molecule has 0 aromatic heterocycles. The number of piperidine rings is 1. The number of rotatable bonds is 5. The third-order valence-electron chi connectivity index (χ3n) is 5.00. The van der Waals surface area contributed by atoms with E-state index in [1.54, 1.807) is 11.8 Å². The topological polar surface area (TPSA) is 40.6 Å². The fraction of sp³-hybridized carbons (Fsp3) is 0.600. The van der Waals surface area contributed by atoms with Crippen molar-refractivity contribution in [2.24, 2.45) is 0 Å². The molecule has 1 aromatic rings. The molecular weight excluding hydrogens is 300 g/mol. The Morgan fingerprint density at radius 3 is 2.67 bits per heavy atom. The summed E-state index contributed by atoms with van der Waals surface area (Å²) in [4.78, 5) is 28.6. The zero-order chi connectivity index (χ0) is 17.7. The van der Waals surface area contributed by atoms with Gasteiger partial charge in [-0.3, -0.25) is 9.59 Å². The van der Waals surface area contributed by atoms with Crippen molar-refractivity contribution in [2.45, 2.75) is 65.8 Å². The van der Waals surface area contributed by atoms with Gasteiger partial charge in [0.1, 0.15) is 0 Å². The molecule has 1 aliphatic rings. The van der Waals surface area contributed by atoms with E-state index in [0.29, 0.717) is 19.0 Å². The lowest BCUT2D eigenvalue weighted by molar-refractivity contribution is -0.134. The average Bonchev–Trinajstić information content (AvgIpc) is 2.57. The van der Waals surface area contributed by atoms with Gasteiger partial charge in [0.2, 0.25) is 11.8 Å². The molecule has 2 rings (SSSR count). The molecule has 1 saturated heterocycles. The van der Waals surface area contributed by atoms with E-state index in [4.69, 9.17) is 0 Å². The second kappa shape index (κ2) is 8.32. The molecule has 0 spiro atoms. The summed E-state index contributed by atoms with van der Waals surface area (Å²) in [6, 6.07) is 6.47. The monoisotopic (exact) mass is 330 g/mol. The number of hydrogen-bond donors (Lipinski definition) is 0. The van der Waals surface area contributed by atoms with Crippen LogP contribution in [0.4, 0.5) is 5.69 Å². The molecule has 2 amide bonds. The number of likely N-dealkylation sites (tertiary alicyclic amines) is 1. The first-order valence-corrected chi connectivity index (χ1v) is 9.08. The number of benzene rings is 1. The Morgan fingerprint density at radius 1 is 1.25 bits per heavy atom. The van der Waals surface area contributed by atoms with Gasteiger partial charge in [-0.15, -0.1) is 0 Å². The van der Waals surface area contributed by atoms with Crippen LogP contribution in [0.1, 0.15) is 57.1 Å². The Hall–Kier alpha value is -1.84. The molecule has 0 radical (unpaired) electrons. The van der Waals surface area contributed by atoms with Crippen LogP contribution in [0.15, 0.2) is 18.2 Å². The minimum Gasteiger partial charge on any atom is -0.340 e. The van der Waals surface area contributed by atoms with E-state index in [0.717, 1.165) is 42.6 Å². The van der Waals surface area contributed by atoms with Gasteiger partial charge in [-0.05, 0) is 56.7 Å². The summed E-state index contributed by atoms with van der Waals surface area (Å²) >= 11 is 0. The van der Waals surface area contributed by atoms with E-state index in [1.165, 1.54) is 6.42 Å². The second-order valence-electron chi connectivity index (χ2n) is 6.86. The van der Waals surface area contributed by atoms with Crippen molar-refractivity contribution < 1.29 is 9.59 Å². The first kappa shape index (κ1) is 18.5. The molecule has 1 heterocycles. The molecule has 24 heavy (non-hydrogen) atoms. The smallest absolute Gasteiger partial charge is 0.224 e. The quantitative estimate of drug-likeness (QED) is 0.823. The molecule has 1 unspecified atom stereocenters. The van der Waals surface area contributed by atoms with Crippen molar-refractivity contribution in [1.29, 1.82) is 0 Å². The van der Waals surface area contributed by atoms with Crippen molar-refractivity contribution in [3.63, 3.8) is 0 Å². The van der Waals surface area contributed by atoms with Crippen LogP contribution >= 0.6 is 0 Å². The fourth-order valence-corrected chi connectivity index (χ4v) is 3.56. The predicted octanol–water partition coefficient (Wildman–Crippen LogP) is 3.84. The van der Waals surface area contributed by atoms with E-state index in [9.17, 15) is 9.59 Å². The summed E-state index contributed by atoms with van der Waals surface area (Å²) in [7, 11) is 0. The largest absolute Gasteiger partial charge is 0.340 e. The van der Waals surface area contributed by atoms with Crippen molar-refractivity contribution in [3.05, 3.63) is 29.3 Å². The van der Waals surface area contributed by atoms with Gasteiger partial charge in [0, 0.05) is 38.2 Å². The molecule has 1 aliphatic heterocycles. The van der Waals surface area contributed by atoms with Gasteiger partial charge in [0.15, 0.2) is 0 Å². The Labute approximate surface area is 145 Å². The Kier molecular flexibility index (Phi) is 6.41. The minimum atomic E-state index is -0.0119. The highest BCUT2D eigenvalue weighted by Gasteiger charge is 2.26. The molecule has 0 aliphatic carbocycles. The SMILES string of the molecule is CCC1CCCCN1C(=O)CCN(C(C)=O)c1cc(C)ccc1C. The van der Waals surface area contributed by atoms with Gasteiger partial charge >= 0.3 is 0 Å². The van der Waals surface area contributed by atoms with Crippen molar-refractivity contribution in [2.75, 3.05) is 18.0 Å². The van der Waals surface area contributed by atoms with Gasteiger partial charge < -0.3 is 9.80 Å². The summed E-state index contributed by atoms with van der Waals surface area (Å²) in [6.45, 7) is 9.05. The molecule has 1 aromatic carbocycles. The maximum absolute atomic E-state index is 12.7. The van der Waals surface area contributed by atoms with Crippen LogP contribution in [0.2, 0.25) is 0 Å². The van der Waals surface area contributed by atoms with Crippen LogP contribution < -0.4 is 4.90 Å². The van der Waals surface area contributed by atoms with Gasteiger partial charge in [-0.2, -0.15) is 0 Å². The number of carbonyl (C=O) groups excluding carboxylic acids is 2. The van der Waals surface area contributed by atoms with Crippen molar-refractivity contribution >= 4 is 17.5 Å². The van der Waals surface area contributed by atoms with E-state index >= 15 is 0 Å². The number of nitrogens with zero attached hydrogens (tertiary/aromatic N) is 2. The highest BCUT2D eigenvalue weighted by Crippen LogP contribution is 2.24. The molecule has 4 heteroatoms. The van der Waals surface area contributed by atoms with Crippen LogP contribution in [-0.2, 0) is 9.59 Å². The number of aryl methyl sites for hydroxylation is 2. The number of carbonyl (C=O) groups is 2. The average molecular weight is 330 g/mol. The minimum absolute atomic E-state index is 0.0119. The van der Waals surface area contributed by atoms with Crippen LogP contribution in [0, 0.1) is 13.8 Å². The van der Waals surface area contributed by atoms with Gasteiger partial charge in [0.25, 0.3) is 0 Å². The van der Waals surface area contributed by atoms with Gasteiger partial charge in [0.05, 0.1) is 0 Å². The summed E-state index contributed by atoms with van der Waals surface area (Å²) in [5.41, 5.74) is 3.10. The maximum Gasteiger partial charge on any atom is 0.224 e. The van der Waals surface area contributed by atoms with Crippen LogP contribution in [-0.4, -0.2) is 35.8 Å². The fourth-order valence-electron chi connectivity index (χ4n) is 3.56. The first-order chi connectivity index (χ1) is 11.4. The number of anilines is 1. The van der Waals surface area contributed by atoms with Crippen molar-refractivity contribution in [1.82, 2.24) is 4.90 Å². The Bertz CT molecular complexity index is 597. The highest BCUT2D eigenvalue weighted by molar-refractivity contribution is 5.93. The van der Waals surface area contributed by atoms with E-state index in [-0.39, 0.29) is 11.8 Å². The highest BCUT2D eigenvalue weighted by atomic mass is 16.2. The zero-order valence-electron chi connectivity index (χ0n) is 15.5. The molecule has 132 valence electrons. The van der Waals surface area contributed by atoms with Gasteiger partial charge in [-0.1, -0.05) is 19.1 Å². The Morgan fingerprint density at radius 2 is 2.00 bits per heavy atom. The maximum atomic E-state index is 12.7. The van der Waals surface area contributed by atoms with E-state index in [2.05, 4.69) is 6.92 Å². The summed E-state index contributed by atoms with van der Waals surface area (Å²) in [5, 5.41) is 0. The summed E-state index contributed by atoms with van der Waals surface area (Å²) in [5.74, 6) is 0.167. The summed E-state index contributed by atoms with van der Waals surface area (Å²) in [6.07, 6.45) is 4.82. The molecule has 1 atom stereocenters. The first-order valence-electron chi connectivity index (χ1n) is 9.08. The molecular formula is C20H30N2O2. The van der Waals surface area contributed by atoms with E-state index < -0.39 is 0 Å². The molecule has 0 bridgehead atoms. The lowest BCUT2D eigenvalue weighted by Gasteiger charge is -2.36. The number of amides is 2. The van der Waals surface area contributed by atoms with Gasteiger partial charge in [-0.25, -0.2) is 0 Å². The standard InChI is InChI=1S/C20H30N2O2/c1-5-18-8-6-7-12-22(18)20(24)11-13-21(17(4)23)19-14-15(2)9-10-16(19)3/h9-10,14,18H,5-8,11-13H2,1-4H3. The zero-order valence-corrected chi connectivity index (χ0v) is 15.5. The third kappa shape index (κ3) is 4.37. The third-order valence-corrected chi connectivity index (χ3v) is 5.00. The van der Waals surface area contributed by atoms with E-state index in [1.807, 2.05) is 36.9 Å². The molecule has 0 N–H and O–H groups in total. The normalized spacial score (nSPS) is 17.7.